The van der Waals surface area contributed by atoms with Gasteiger partial charge in [0.15, 0.2) is 0 Å². The zero-order chi connectivity index (χ0) is 10.3. The Morgan fingerprint density at radius 1 is 1.29 bits per heavy atom. The number of carbonyl (C=O) groups excluding carboxylic acids is 1. The number of carbonyl (C=O) groups is 1. The Kier molecular flexibility index (Phi) is 2.43. The zero-order valence-electron chi connectivity index (χ0n) is 7.83. The van der Waals surface area contributed by atoms with Crippen LogP contribution in [0.5, 0.6) is 0 Å². The number of likely N-dealkylation sites (tertiary alicyclic amines) is 1. The molecule has 1 heterocycles. The molecular formula is C9H14F2N2O. The topological polar surface area (TPSA) is 46.3 Å². The SMILES string of the molecule is N[C@@H]1CN(C(=O)C2CC(F)C2)CC1F. The lowest BCUT2D eigenvalue weighted by atomic mass is 9.82. The van der Waals surface area contributed by atoms with Crippen molar-refractivity contribution in [3.8, 4) is 0 Å². The van der Waals surface area contributed by atoms with Crippen LogP contribution in [-0.4, -0.2) is 42.3 Å². The standard InChI is InChI=1S/C9H14F2N2O/c10-6-1-5(2-6)9(14)13-3-7(11)8(12)4-13/h5-8H,1-4,12H2/t5?,6?,7?,8-/m1/s1. The predicted octanol–water partition coefficient (Wildman–Crippen LogP) is 0.242. The van der Waals surface area contributed by atoms with Gasteiger partial charge < -0.3 is 10.6 Å². The van der Waals surface area contributed by atoms with E-state index in [9.17, 15) is 13.6 Å². The van der Waals surface area contributed by atoms with Crippen LogP contribution < -0.4 is 5.73 Å². The number of nitrogens with zero attached hydrogens (tertiary/aromatic N) is 1. The van der Waals surface area contributed by atoms with Crippen LogP contribution in [0.25, 0.3) is 0 Å². The van der Waals surface area contributed by atoms with Gasteiger partial charge in [0.2, 0.25) is 5.91 Å². The molecule has 2 atom stereocenters. The second-order valence-electron chi connectivity index (χ2n) is 4.19. The van der Waals surface area contributed by atoms with Crippen LogP contribution in [-0.2, 0) is 4.79 Å². The summed E-state index contributed by atoms with van der Waals surface area (Å²) in [5, 5.41) is 0. The van der Waals surface area contributed by atoms with E-state index in [-0.39, 0.29) is 24.9 Å². The molecule has 5 heteroatoms. The van der Waals surface area contributed by atoms with Crippen LogP contribution >= 0.6 is 0 Å². The molecule has 2 fully saturated rings. The van der Waals surface area contributed by atoms with E-state index >= 15 is 0 Å². The van der Waals surface area contributed by atoms with Crippen molar-refractivity contribution in [2.45, 2.75) is 31.2 Å². The number of alkyl halides is 2. The first-order valence-electron chi connectivity index (χ1n) is 4.90. The molecule has 1 amide bonds. The maximum Gasteiger partial charge on any atom is 0.226 e. The second-order valence-corrected chi connectivity index (χ2v) is 4.19. The lowest BCUT2D eigenvalue weighted by Crippen LogP contribution is -2.42. The van der Waals surface area contributed by atoms with Crippen molar-refractivity contribution in [3.05, 3.63) is 0 Å². The third kappa shape index (κ3) is 1.61. The van der Waals surface area contributed by atoms with E-state index in [0.29, 0.717) is 12.8 Å². The van der Waals surface area contributed by atoms with Crippen LogP contribution in [0, 0.1) is 5.92 Å². The quantitative estimate of drug-likeness (QED) is 0.665. The van der Waals surface area contributed by atoms with Gasteiger partial charge in [0.1, 0.15) is 12.3 Å². The molecule has 0 aromatic heterocycles. The summed E-state index contributed by atoms with van der Waals surface area (Å²) in [6, 6.07) is -0.569. The molecule has 80 valence electrons. The minimum Gasteiger partial charge on any atom is -0.338 e. The minimum atomic E-state index is -1.12. The molecule has 1 saturated heterocycles. The van der Waals surface area contributed by atoms with Gasteiger partial charge in [-0.05, 0) is 12.8 Å². The summed E-state index contributed by atoms with van der Waals surface area (Å²) in [6.45, 7) is 0.348. The highest BCUT2D eigenvalue weighted by atomic mass is 19.1. The average Bonchev–Trinajstić information content (AvgIpc) is 2.41. The van der Waals surface area contributed by atoms with E-state index < -0.39 is 18.4 Å². The van der Waals surface area contributed by atoms with Crippen molar-refractivity contribution in [3.63, 3.8) is 0 Å². The second kappa shape index (κ2) is 3.46. The van der Waals surface area contributed by atoms with Gasteiger partial charge in [-0.15, -0.1) is 0 Å². The maximum atomic E-state index is 13.0. The number of halogens is 2. The monoisotopic (exact) mass is 204 g/mol. The van der Waals surface area contributed by atoms with Gasteiger partial charge in [0.05, 0.1) is 12.6 Å². The normalized spacial score (nSPS) is 42.4. The molecule has 0 spiro atoms. The molecule has 3 nitrogen and oxygen atoms in total. The summed E-state index contributed by atoms with van der Waals surface area (Å²) in [7, 11) is 0. The van der Waals surface area contributed by atoms with E-state index in [2.05, 4.69) is 0 Å². The minimum absolute atomic E-state index is 0.0768. The molecule has 2 aliphatic rings. The molecule has 1 aliphatic carbocycles. The summed E-state index contributed by atoms with van der Waals surface area (Å²) < 4.78 is 25.5. The molecule has 0 aromatic rings. The molecule has 0 radical (unpaired) electrons. The Bertz CT molecular complexity index is 233. The fourth-order valence-corrected chi connectivity index (χ4v) is 1.98. The van der Waals surface area contributed by atoms with Crippen molar-refractivity contribution < 1.29 is 13.6 Å². The lowest BCUT2D eigenvalue weighted by molar-refractivity contribution is -0.139. The number of nitrogens with two attached hydrogens (primary N) is 1. The summed E-state index contributed by atoms with van der Waals surface area (Å²) in [5.41, 5.74) is 5.45. The first-order chi connectivity index (χ1) is 6.58. The van der Waals surface area contributed by atoms with Gasteiger partial charge in [0.25, 0.3) is 0 Å². The number of hydrogen-bond donors (Lipinski definition) is 1. The van der Waals surface area contributed by atoms with Crippen LogP contribution in [0.3, 0.4) is 0 Å². The summed E-state index contributed by atoms with van der Waals surface area (Å²) >= 11 is 0. The van der Waals surface area contributed by atoms with Crippen molar-refractivity contribution in [1.82, 2.24) is 4.90 Å². The largest absolute Gasteiger partial charge is 0.338 e. The molecule has 1 aliphatic heterocycles. The maximum absolute atomic E-state index is 13.0. The molecule has 1 saturated carbocycles. The van der Waals surface area contributed by atoms with Crippen molar-refractivity contribution in [2.75, 3.05) is 13.1 Å². The van der Waals surface area contributed by atoms with Crippen molar-refractivity contribution in [1.29, 1.82) is 0 Å². The van der Waals surface area contributed by atoms with Gasteiger partial charge in [-0.25, -0.2) is 8.78 Å². The first-order valence-corrected chi connectivity index (χ1v) is 4.90. The molecule has 14 heavy (non-hydrogen) atoms. The highest BCUT2D eigenvalue weighted by Gasteiger charge is 2.41. The van der Waals surface area contributed by atoms with E-state index in [1.807, 2.05) is 0 Å². The smallest absolute Gasteiger partial charge is 0.226 e. The van der Waals surface area contributed by atoms with E-state index in [4.69, 9.17) is 5.73 Å². The Morgan fingerprint density at radius 2 is 1.93 bits per heavy atom. The van der Waals surface area contributed by atoms with Crippen LogP contribution in [0.4, 0.5) is 8.78 Å². The number of rotatable bonds is 1. The summed E-state index contributed by atoms with van der Waals surface area (Å²) in [5.74, 6) is -0.364. The van der Waals surface area contributed by atoms with Gasteiger partial charge in [0, 0.05) is 12.5 Å². The fourth-order valence-electron chi connectivity index (χ4n) is 1.98. The number of hydrogen-bond acceptors (Lipinski definition) is 2. The fraction of sp³-hybridized carbons (Fsp3) is 0.889. The zero-order valence-corrected chi connectivity index (χ0v) is 7.83. The van der Waals surface area contributed by atoms with E-state index in [0.717, 1.165) is 0 Å². The third-order valence-corrected chi connectivity index (χ3v) is 3.03. The molecule has 2 N–H and O–H groups in total. The Labute approximate surface area is 81.2 Å². The van der Waals surface area contributed by atoms with E-state index in [1.165, 1.54) is 4.90 Å². The van der Waals surface area contributed by atoms with Crippen LogP contribution in [0.15, 0.2) is 0 Å². The van der Waals surface area contributed by atoms with Gasteiger partial charge >= 0.3 is 0 Å². The van der Waals surface area contributed by atoms with Crippen molar-refractivity contribution >= 4 is 5.91 Å². The third-order valence-electron chi connectivity index (χ3n) is 3.03. The van der Waals surface area contributed by atoms with Gasteiger partial charge in [-0.1, -0.05) is 0 Å². The average molecular weight is 204 g/mol. The first kappa shape index (κ1) is 9.83. The van der Waals surface area contributed by atoms with Gasteiger partial charge in [-0.3, -0.25) is 4.79 Å². The molecular weight excluding hydrogens is 190 g/mol. The van der Waals surface area contributed by atoms with Crippen LogP contribution in [0.1, 0.15) is 12.8 Å². The lowest BCUT2D eigenvalue weighted by Gasteiger charge is -2.31. The Morgan fingerprint density at radius 3 is 2.36 bits per heavy atom. The summed E-state index contributed by atoms with van der Waals surface area (Å²) in [6.07, 6.45) is -1.38. The summed E-state index contributed by atoms with van der Waals surface area (Å²) in [4.78, 5) is 13.0. The number of amides is 1. The van der Waals surface area contributed by atoms with Crippen LogP contribution in [0.2, 0.25) is 0 Å². The van der Waals surface area contributed by atoms with Crippen molar-refractivity contribution in [2.24, 2.45) is 11.7 Å². The molecule has 0 bridgehead atoms. The van der Waals surface area contributed by atoms with E-state index in [1.54, 1.807) is 0 Å². The molecule has 0 aromatic carbocycles. The Hall–Kier alpha value is -0.710. The predicted molar refractivity (Wildman–Crippen MR) is 47.1 cm³/mol. The molecule has 2 rings (SSSR count). The highest BCUT2D eigenvalue weighted by molar-refractivity contribution is 5.80. The van der Waals surface area contributed by atoms with Gasteiger partial charge in [-0.2, -0.15) is 0 Å². The Balaban J connectivity index is 1.87. The molecule has 1 unspecified atom stereocenters. The highest BCUT2D eigenvalue weighted by Crippen LogP contribution is 2.32.